The zero-order valence-electron chi connectivity index (χ0n) is 15.3. The average Bonchev–Trinajstić information content (AvgIpc) is 2.75. The van der Waals surface area contributed by atoms with E-state index in [2.05, 4.69) is 5.32 Å². The number of rotatable bonds is 7. The lowest BCUT2D eigenvalue weighted by Crippen LogP contribution is -2.42. The molecular weight excluding hydrogens is 372 g/mol. The molecule has 1 amide bonds. The van der Waals surface area contributed by atoms with Gasteiger partial charge in [-0.05, 0) is 42.0 Å². The Kier molecular flexibility index (Phi) is 5.99. The van der Waals surface area contributed by atoms with Crippen LogP contribution in [-0.4, -0.2) is 27.8 Å². The number of carbonyl (C=O) groups is 2. The lowest BCUT2D eigenvalue weighted by atomic mass is 9.97. The molecule has 7 heteroatoms. The zero-order valence-corrected chi connectivity index (χ0v) is 15.3. The summed E-state index contributed by atoms with van der Waals surface area (Å²) in [6, 6.07) is 19.2. The highest BCUT2D eigenvalue weighted by Crippen LogP contribution is 2.17. The molecule has 0 saturated carbocycles. The molecule has 0 fully saturated rings. The van der Waals surface area contributed by atoms with E-state index in [-0.39, 0.29) is 29.2 Å². The van der Waals surface area contributed by atoms with Crippen molar-refractivity contribution in [2.75, 3.05) is 0 Å². The summed E-state index contributed by atoms with van der Waals surface area (Å²) in [7, 11) is 0. The fourth-order valence-corrected chi connectivity index (χ4v) is 2.86. The quantitative estimate of drug-likeness (QED) is 0.364. The Morgan fingerprint density at radius 3 is 2.10 bits per heavy atom. The molecule has 1 unspecified atom stereocenters. The summed E-state index contributed by atoms with van der Waals surface area (Å²) in [6.45, 7) is 0. The van der Waals surface area contributed by atoms with Crippen LogP contribution in [0.25, 0.3) is 0 Å². The number of nitro benzene ring substituents is 1. The Morgan fingerprint density at radius 1 is 0.897 bits per heavy atom. The van der Waals surface area contributed by atoms with Crippen molar-refractivity contribution in [2.45, 2.75) is 12.5 Å². The smallest absolute Gasteiger partial charge is 0.269 e. The Hall–Kier alpha value is -4.00. The van der Waals surface area contributed by atoms with Gasteiger partial charge in [0.15, 0.2) is 5.78 Å². The molecule has 2 N–H and O–H groups in total. The molecule has 0 aromatic heterocycles. The van der Waals surface area contributed by atoms with Gasteiger partial charge in [-0.25, -0.2) is 0 Å². The topological polar surface area (TPSA) is 110 Å². The van der Waals surface area contributed by atoms with E-state index in [1.165, 1.54) is 36.4 Å². The second kappa shape index (κ2) is 8.79. The lowest BCUT2D eigenvalue weighted by Gasteiger charge is -2.18. The molecule has 0 aliphatic rings. The standard InChI is InChI=1S/C22H18N2O5/c25-19-12-6-15(7-13-19)14-20(23-22(27)17-4-2-1-3-5-17)21(26)16-8-10-18(11-9-16)24(28)29/h1-13,20,25H,14H2,(H,23,27). The van der Waals surface area contributed by atoms with Gasteiger partial charge in [-0.3, -0.25) is 19.7 Å². The highest BCUT2D eigenvalue weighted by Gasteiger charge is 2.24. The van der Waals surface area contributed by atoms with Crippen molar-refractivity contribution in [1.29, 1.82) is 0 Å². The lowest BCUT2D eigenvalue weighted by molar-refractivity contribution is -0.384. The molecule has 3 aromatic carbocycles. The van der Waals surface area contributed by atoms with Crippen LogP contribution in [0.5, 0.6) is 5.75 Å². The van der Waals surface area contributed by atoms with Gasteiger partial charge in [-0.2, -0.15) is 0 Å². The second-order valence-corrected chi connectivity index (χ2v) is 6.43. The number of phenols is 1. The van der Waals surface area contributed by atoms with E-state index >= 15 is 0 Å². The number of Topliss-reactive ketones (excluding diaryl/α,β-unsaturated/α-hetero) is 1. The molecule has 0 saturated heterocycles. The predicted octanol–water partition coefficient (Wildman–Crippen LogP) is 3.52. The van der Waals surface area contributed by atoms with Crippen LogP contribution in [0.1, 0.15) is 26.3 Å². The predicted molar refractivity (Wildman–Crippen MR) is 107 cm³/mol. The van der Waals surface area contributed by atoms with Gasteiger partial charge in [-0.1, -0.05) is 30.3 Å². The van der Waals surface area contributed by atoms with E-state index in [1.54, 1.807) is 42.5 Å². The summed E-state index contributed by atoms with van der Waals surface area (Å²) in [5, 5.41) is 23.0. The van der Waals surface area contributed by atoms with Crippen molar-refractivity contribution in [2.24, 2.45) is 0 Å². The molecule has 0 radical (unpaired) electrons. The molecular formula is C22H18N2O5. The number of hydrogen-bond acceptors (Lipinski definition) is 5. The number of nitrogens with zero attached hydrogens (tertiary/aromatic N) is 1. The van der Waals surface area contributed by atoms with Crippen molar-refractivity contribution < 1.29 is 19.6 Å². The minimum Gasteiger partial charge on any atom is -0.508 e. The highest BCUT2D eigenvalue weighted by atomic mass is 16.6. The summed E-state index contributed by atoms with van der Waals surface area (Å²) in [4.78, 5) is 35.9. The van der Waals surface area contributed by atoms with Gasteiger partial charge in [0.05, 0.1) is 11.0 Å². The number of carbonyl (C=O) groups excluding carboxylic acids is 2. The molecule has 0 aliphatic heterocycles. The van der Waals surface area contributed by atoms with Crippen molar-refractivity contribution >= 4 is 17.4 Å². The molecule has 7 nitrogen and oxygen atoms in total. The number of amides is 1. The van der Waals surface area contributed by atoms with Crippen molar-refractivity contribution in [3.05, 3.63) is 106 Å². The van der Waals surface area contributed by atoms with Crippen LogP contribution in [0, 0.1) is 10.1 Å². The third-order valence-corrected chi connectivity index (χ3v) is 4.40. The van der Waals surface area contributed by atoms with Crippen LogP contribution in [0.15, 0.2) is 78.9 Å². The minimum absolute atomic E-state index is 0.0975. The number of phenolic OH excluding ortho intramolecular Hbond substituents is 1. The summed E-state index contributed by atoms with van der Waals surface area (Å²) in [5.41, 5.74) is 1.30. The van der Waals surface area contributed by atoms with Gasteiger partial charge >= 0.3 is 0 Å². The van der Waals surface area contributed by atoms with Crippen LogP contribution >= 0.6 is 0 Å². The third-order valence-electron chi connectivity index (χ3n) is 4.40. The summed E-state index contributed by atoms with van der Waals surface area (Å²) >= 11 is 0. The Bertz CT molecular complexity index is 1020. The fraction of sp³-hybridized carbons (Fsp3) is 0.0909. The second-order valence-electron chi connectivity index (χ2n) is 6.43. The van der Waals surface area contributed by atoms with E-state index in [4.69, 9.17) is 0 Å². The molecule has 0 spiro atoms. The van der Waals surface area contributed by atoms with Crippen molar-refractivity contribution in [3.8, 4) is 5.75 Å². The van der Waals surface area contributed by atoms with E-state index in [0.717, 1.165) is 5.56 Å². The van der Waals surface area contributed by atoms with E-state index in [9.17, 15) is 24.8 Å². The number of benzene rings is 3. The maximum absolute atomic E-state index is 13.0. The number of ketones is 1. The SMILES string of the molecule is O=C(NC(Cc1ccc(O)cc1)C(=O)c1ccc([N+](=O)[O-])cc1)c1ccccc1. The Balaban J connectivity index is 1.86. The minimum atomic E-state index is -0.881. The number of hydrogen-bond donors (Lipinski definition) is 2. The fourth-order valence-electron chi connectivity index (χ4n) is 2.86. The molecule has 146 valence electrons. The van der Waals surface area contributed by atoms with E-state index in [1.807, 2.05) is 0 Å². The Labute approximate surface area is 166 Å². The molecule has 29 heavy (non-hydrogen) atoms. The number of non-ortho nitro benzene ring substituents is 1. The van der Waals surface area contributed by atoms with Crippen LogP contribution < -0.4 is 5.32 Å². The molecule has 3 aromatic rings. The Morgan fingerprint density at radius 2 is 1.52 bits per heavy atom. The highest BCUT2D eigenvalue weighted by molar-refractivity contribution is 6.04. The maximum Gasteiger partial charge on any atom is 0.269 e. The molecule has 0 aliphatic carbocycles. The number of aromatic hydroxyl groups is 1. The van der Waals surface area contributed by atoms with Gasteiger partial charge in [-0.15, -0.1) is 0 Å². The van der Waals surface area contributed by atoms with E-state index < -0.39 is 16.9 Å². The van der Waals surface area contributed by atoms with Crippen LogP contribution in [0.3, 0.4) is 0 Å². The van der Waals surface area contributed by atoms with Crippen LogP contribution in [0.2, 0.25) is 0 Å². The largest absolute Gasteiger partial charge is 0.508 e. The van der Waals surface area contributed by atoms with Crippen molar-refractivity contribution in [1.82, 2.24) is 5.32 Å². The summed E-state index contributed by atoms with van der Waals surface area (Å²) in [6.07, 6.45) is 0.203. The first-order valence-corrected chi connectivity index (χ1v) is 8.86. The zero-order chi connectivity index (χ0) is 20.8. The third kappa shape index (κ3) is 5.04. The first kappa shape index (κ1) is 19.8. The molecule has 3 rings (SSSR count). The van der Waals surface area contributed by atoms with Crippen LogP contribution in [0.4, 0.5) is 5.69 Å². The normalized spacial score (nSPS) is 11.4. The number of nitro groups is 1. The average molecular weight is 390 g/mol. The first-order valence-electron chi connectivity index (χ1n) is 8.86. The van der Waals surface area contributed by atoms with Crippen molar-refractivity contribution in [3.63, 3.8) is 0 Å². The summed E-state index contributed by atoms with van der Waals surface area (Å²) < 4.78 is 0. The first-order chi connectivity index (χ1) is 13.9. The summed E-state index contributed by atoms with van der Waals surface area (Å²) in [5.74, 6) is -0.665. The van der Waals surface area contributed by atoms with Gasteiger partial charge in [0.1, 0.15) is 5.75 Å². The van der Waals surface area contributed by atoms with Crippen LogP contribution in [-0.2, 0) is 6.42 Å². The van der Waals surface area contributed by atoms with Gasteiger partial charge < -0.3 is 10.4 Å². The molecule has 0 heterocycles. The monoisotopic (exact) mass is 390 g/mol. The van der Waals surface area contributed by atoms with Gasteiger partial charge in [0, 0.05) is 29.7 Å². The molecule has 0 bridgehead atoms. The number of nitrogens with one attached hydrogen (secondary N) is 1. The van der Waals surface area contributed by atoms with Gasteiger partial charge in [0.25, 0.3) is 11.6 Å². The molecule has 1 atom stereocenters. The maximum atomic E-state index is 13.0. The van der Waals surface area contributed by atoms with E-state index in [0.29, 0.717) is 5.56 Å². The van der Waals surface area contributed by atoms with Gasteiger partial charge in [0.2, 0.25) is 0 Å².